The number of amides is 2. The molecule has 23 heavy (non-hydrogen) atoms. The first kappa shape index (κ1) is 16.0. The van der Waals surface area contributed by atoms with E-state index in [-0.39, 0.29) is 24.7 Å². The summed E-state index contributed by atoms with van der Waals surface area (Å²) in [6, 6.07) is 15.5. The number of nitrogens with zero attached hydrogens (tertiary/aromatic N) is 1. The Bertz CT molecular complexity index is 728. The maximum Gasteiger partial charge on any atom is 0.227 e. The zero-order valence-corrected chi connectivity index (χ0v) is 14.7. The van der Waals surface area contributed by atoms with E-state index in [4.69, 9.17) is 0 Å². The van der Waals surface area contributed by atoms with E-state index in [0.29, 0.717) is 6.54 Å². The fourth-order valence-corrected chi connectivity index (χ4v) is 3.07. The van der Waals surface area contributed by atoms with Crippen LogP contribution in [0.3, 0.4) is 0 Å². The predicted octanol–water partition coefficient (Wildman–Crippen LogP) is 3.60. The second kappa shape index (κ2) is 7.12. The van der Waals surface area contributed by atoms with Gasteiger partial charge in [-0.3, -0.25) is 9.59 Å². The third kappa shape index (κ3) is 3.90. The first-order valence-corrected chi connectivity index (χ1v) is 8.65. The smallest absolute Gasteiger partial charge is 0.227 e. The first-order valence-electron chi connectivity index (χ1n) is 7.57. The van der Waals surface area contributed by atoms with Crippen molar-refractivity contribution in [3.05, 3.63) is 57.7 Å². The largest absolute Gasteiger partial charge is 0.326 e. The normalized spacial score (nSPS) is 12.8. The van der Waals surface area contributed by atoms with E-state index in [2.05, 4.69) is 27.9 Å². The van der Waals surface area contributed by atoms with Crippen LogP contribution in [0.1, 0.15) is 18.4 Å². The van der Waals surface area contributed by atoms with Gasteiger partial charge in [0.2, 0.25) is 11.8 Å². The second-order valence-electron chi connectivity index (χ2n) is 5.48. The number of para-hydroxylation sites is 1. The number of hydrogen-bond acceptors (Lipinski definition) is 2. The first-order chi connectivity index (χ1) is 11.1. The van der Waals surface area contributed by atoms with Crippen molar-refractivity contribution in [3.63, 3.8) is 0 Å². The molecule has 1 heterocycles. The number of halogens is 1. The molecule has 2 amide bonds. The van der Waals surface area contributed by atoms with E-state index in [9.17, 15) is 9.59 Å². The predicted molar refractivity (Wildman–Crippen MR) is 99.5 cm³/mol. The van der Waals surface area contributed by atoms with Gasteiger partial charge >= 0.3 is 0 Å². The summed E-state index contributed by atoms with van der Waals surface area (Å²) >= 11 is 2.21. The minimum atomic E-state index is -0.132. The summed E-state index contributed by atoms with van der Waals surface area (Å²) in [4.78, 5) is 26.1. The molecule has 0 aliphatic carbocycles. The van der Waals surface area contributed by atoms with E-state index >= 15 is 0 Å². The van der Waals surface area contributed by atoms with Crippen molar-refractivity contribution in [1.29, 1.82) is 0 Å². The van der Waals surface area contributed by atoms with Crippen molar-refractivity contribution in [2.75, 3.05) is 16.8 Å². The fraction of sp³-hybridized carbons (Fsp3) is 0.222. The lowest BCUT2D eigenvalue weighted by Gasteiger charge is -2.17. The van der Waals surface area contributed by atoms with E-state index in [1.54, 1.807) is 4.90 Å². The Morgan fingerprint density at radius 2 is 1.78 bits per heavy atom. The lowest BCUT2D eigenvalue weighted by molar-refractivity contribution is -0.122. The molecule has 118 valence electrons. The van der Waals surface area contributed by atoms with E-state index in [1.807, 2.05) is 48.5 Å². The van der Waals surface area contributed by atoms with Gasteiger partial charge in [-0.2, -0.15) is 0 Å². The molecule has 0 atom stereocenters. The van der Waals surface area contributed by atoms with Gasteiger partial charge < -0.3 is 10.2 Å². The van der Waals surface area contributed by atoms with Crippen molar-refractivity contribution in [3.8, 4) is 0 Å². The van der Waals surface area contributed by atoms with Gasteiger partial charge in [0.25, 0.3) is 0 Å². The van der Waals surface area contributed by atoms with Crippen LogP contribution in [0.4, 0.5) is 11.4 Å². The molecular formula is C18H17IN2O2. The lowest BCUT2D eigenvalue weighted by atomic mass is 10.2. The molecule has 2 aromatic rings. The van der Waals surface area contributed by atoms with Crippen LogP contribution < -0.4 is 10.2 Å². The zero-order valence-electron chi connectivity index (χ0n) is 12.6. The van der Waals surface area contributed by atoms with Crippen molar-refractivity contribution in [2.24, 2.45) is 0 Å². The van der Waals surface area contributed by atoms with E-state index in [0.717, 1.165) is 21.4 Å². The molecule has 0 spiro atoms. The summed E-state index contributed by atoms with van der Waals surface area (Å²) in [5.41, 5.74) is 2.94. The average molecular weight is 420 g/mol. The molecule has 5 heteroatoms. The van der Waals surface area contributed by atoms with Crippen molar-refractivity contribution in [1.82, 2.24) is 0 Å². The van der Waals surface area contributed by atoms with Crippen LogP contribution >= 0.6 is 22.6 Å². The van der Waals surface area contributed by atoms with Crippen LogP contribution in [0, 0.1) is 3.57 Å². The number of rotatable bonds is 4. The third-order valence-corrected chi connectivity index (χ3v) is 4.60. The number of anilines is 2. The molecule has 0 bridgehead atoms. The van der Waals surface area contributed by atoms with Crippen LogP contribution in [0.25, 0.3) is 0 Å². The quantitative estimate of drug-likeness (QED) is 0.769. The third-order valence-electron chi connectivity index (χ3n) is 3.88. The number of benzene rings is 2. The van der Waals surface area contributed by atoms with Crippen LogP contribution in [0.15, 0.2) is 48.5 Å². The maximum atomic E-state index is 12.4. The molecule has 1 N–H and O–H groups in total. The number of hydrogen-bond donors (Lipinski definition) is 1. The highest BCUT2D eigenvalue weighted by Gasteiger charge is 2.24. The highest BCUT2D eigenvalue weighted by Crippen LogP contribution is 2.28. The topological polar surface area (TPSA) is 49.4 Å². The molecule has 2 aromatic carbocycles. The summed E-state index contributed by atoms with van der Waals surface area (Å²) in [7, 11) is 0. The van der Waals surface area contributed by atoms with E-state index < -0.39 is 0 Å². The zero-order chi connectivity index (χ0) is 16.2. The Hall–Kier alpha value is -1.89. The molecule has 0 fully saturated rings. The highest BCUT2D eigenvalue weighted by molar-refractivity contribution is 14.1. The minimum absolute atomic E-state index is 0.00714. The molecule has 1 aliphatic rings. The Kier molecular flexibility index (Phi) is 4.95. The molecular weight excluding hydrogens is 403 g/mol. The average Bonchev–Trinajstić information content (AvgIpc) is 2.99. The van der Waals surface area contributed by atoms with Crippen LogP contribution in [-0.4, -0.2) is 18.4 Å². The van der Waals surface area contributed by atoms with Crippen molar-refractivity contribution in [2.45, 2.75) is 19.3 Å². The van der Waals surface area contributed by atoms with Gasteiger partial charge in [0, 0.05) is 34.3 Å². The second-order valence-corrected chi connectivity index (χ2v) is 6.72. The van der Waals surface area contributed by atoms with Gasteiger partial charge in [-0.05, 0) is 64.9 Å². The van der Waals surface area contributed by atoms with Crippen molar-refractivity contribution >= 4 is 45.8 Å². The Labute approximate surface area is 149 Å². The SMILES string of the molecule is O=C(CCC(=O)N1CCc2ccccc21)Nc1ccc(I)cc1. The van der Waals surface area contributed by atoms with Gasteiger partial charge in [0.1, 0.15) is 0 Å². The van der Waals surface area contributed by atoms with Crippen LogP contribution in [0.2, 0.25) is 0 Å². The van der Waals surface area contributed by atoms with Gasteiger partial charge in [-0.1, -0.05) is 18.2 Å². The van der Waals surface area contributed by atoms with E-state index in [1.165, 1.54) is 5.56 Å². The number of nitrogens with one attached hydrogen (secondary N) is 1. The van der Waals surface area contributed by atoms with Gasteiger partial charge in [0.15, 0.2) is 0 Å². The van der Waals surface area contributed by atoms with Crippen molar-refractivity contribution < 1.29 is 9.59 Å². The molecule has 4 nitrogen and oxygen atoms in total. The molecule has 0 unspecified atom stereocenters. The van der Waals surface area contributed by atoms with Gasteiger partial charge in [0.05, 0.1) is 0 Å². The molecule has 0 saturated heterocycles. The molecule has 0 aromatic heterocycles. The maximum absolute atomic E-state index is 12.4. The Morgan fingerprint density at radius 1 is 1.04 bits per heavy atom. The minimum Gasteiger partial charge on any atom is -0.326 e. The molecule has 0 saturated carbocycles. The summed E-state index contributed by atoms with van der Waals surface area (Å²) in [5.74, 6) is -0.125. The Balaban J connectivity index is 1.53. The number of fused-ring (bicyclic) bond motifs is 1. The number of carbonyl (C=O) groups is 2. The summed E-state index contributed by atoms with van der Waals surface area (Å²) in [6.45, 7) is 0.705. The van der Waals surface area contributed by atoms with Gasteiger partial charge in [-0.25, -0.2) is 0 Å². The highest BCUT2D eigenvalue weighted by atomic mass is 127. The number of carbonyl (C=O) groups excluding carboxylic acids is 2. The standard InChI is InChI=1S/C18H17IN2O2/c19-14-5-7-15(8-6-14)20-17(22)9-10-18(23)21-12-11-13-3-1-2-4-16(13)21/h1-8H,9-12H2,(H,20,22). The molecule has 1 aliphatic heterocycles. The molecule has 3 rings (SSSR count). The molecule has 0 radical (unpaired) electrons. The van der Waals surface area contributed by atoms with Crippen LogP contribution in [0.5, 0.6) is 0 Å². The van der Waals surface area contributed by atoms with Gasteiger partial charge in [-0.15, -0.1) is 0 Å². The fourth-order valence-electron chi connectivity index (χ4n) is 2.71. The van der Waals surface area contributed by atoms with Crippen LogP contribution in [-0.2, 0) is 16.0 Å². The summed E-state index contributed by atoms with van der Waals surface area (Å²) in [6.07, 6.45) is 1.31. The Morgan fingerprint density at radius 3 is 2.57 bits per heavy atom. The monoisotopic (exact) mass is 420 g/mol. The summed E-state index contributed by atoms with van der Waals surface area (Å²) in [5, 5.41) is 2.82. The summed E-state index contributed by atoms with van der Waals surface area (Å²) < 4.78 is 1.11. The lowest BCUT2D eigenvalue weighted by Crippen LogP contribution is -2.29.